The fourth-order valence-corrected chi connectivity index (χ4v) is 2.82. The number of amides is 1. The molecule has 1 heterocycles. The summed E-state index contributed by atoms with van der Waals surface area (Å²) in [4.78, 5) is 13.8. The van der Waals surface area contributed by atoms with Crippen LogP contribution in [0.4, 0.5) is 0 Å². The fraction of sp³-hybridized carbons (Fsp3) is 0.588. The highest BCUT2D eigenvalue weighted by Gasteiger charge is 2.25. The molecule has 1 unspecified atom stereocenters. The van der Waals surface area contributed by atoms with Crippen molar-refractivity contribution in [2.45, 2.75) is 25.6 Å². The molecule has 22 heavy (non-hydrogen) atoms. The number of benzene rings is 1. The smallest absolute Gasteiger partial charge is 0.222 e. The minimum atomic E-state index is -0.486. The number of rotatable bonds is 7. The number of aliphatic hydroxyl groups excluding tert-OH is 1. The molecule has 1 aliphatic rings. The maximum absolute atomic E-state index is 11.6. The topological polar surface area (TPSA) is 61.8 Å². The molecule has 2 rings (SSSR count). The lowest BCUT2D eigenvalue weighted by molar-refractivity contribution is -0.126. The first-order chi connectivity index (χ1) is 10.7. The van der Waals surface area contributed by atoms with E-state index in [1.54, 1.807) is 7.05 Å². The Morgan fingerprint density at radius 3 is 2.68 bits per heavy atom. The van der Waals surface area contributed by atoms with Gasteiger partial charge in [-0.1, -0.05) is 30.3 Å². The number of aliphatic hydroxyl groups is 1. The SMILES string of the molecule is CNC(=O)C1CCN(CC(O)COCc2ccccc2)CC1. The van der Waals surface area contributed by atoms with Crippen LogP contribution in [0.1, 0.15) is 18.4 Å². The number of hydrogen-bond donors (Lipinski definition) is 2. The number of ether oxygens (including phenoxy) is 1. The monoisotopic (exact) mass is 306 g/mol. The van der Waals surface area contributed by atoms with Crippen LogP contribution >= 0.6 is 0 Å². The van der Waals surface area contributed by atoms with Gasteiger partial charge in [-0.15, -0.1) is 0 Å². The van der Waals surface area contributed by atoms with Crippen LogP contribution in [0.2, 0.25) is 0 Å². The lowest BCUT2D eigenvalue weighted by atomic mass is 9.96. The van der Waals surface area contributed by atoms with Gasteiger partial charge in [0.2, 0.25) is 5.91 Å². The van der Waals surface area contributed by atoms with Crippen LogP contribution in [0, 0.1) is 5.92 Å². The van der Waals surface area contributed by atoms with Crippen LogP contribution in [0.15, 0.2) is 30.3 Å². The molecule has 0 bridgehead atoms. The average molecular weight is 306 g/mol. The standard InChI is InChI=1S/C17H26N2O3/c1-18-17(21)15-7-9-19(10-8-15)11-16(20)13-22-12-14-5-3-2-4-6-14/h2-6,15-16,20H,7-13H2,1H3,(H,18,21). The zero-order valence-corrected chi connectivity index (χ0v) is 13.2. The molecule has 122 valence electrons. The number of β-amino-alcohol motifs (C(OH)–C–C–N with tert-alkyl or cyclic N) is 1. The van der Waals surface area contributed by atoms with E-state index in [-0.39, 0.29) is 11.8 Å². The summed E-state index contributed by atoms with van der Waals surface area (Å²) in [5, 5.41) is 12.8. The zero-order valence-electron chi connectivity index (χ0n) is 13.2. The van der Waals surface area contributed by atoms with Crippen LogP contribution in [0.25, 0.3) is 0 Å². The molecule has 0 radical (unpaired) electrons. The van der Waals surface area contributed by atoms with Crippen molar-refractivity contribution < 1.29 is 14.6 Å². The summed E-state index contributed by atoms with van der Waals surface area (Å²) in [5.74, 6) is 0.249. The van der Waals surface area contributed by atoms with Gasteiger partial charge >= 0.3 is 0 Å². The first kappa shape index (κ1) is 16.9. The zero-order chi connectivity index (χ0) is 15.8. The maximum Gasteiger partial charge on any atom is 0.222 e. The van der Waals surface area contributed by atoms with Crippen molar-refractivity contribution in [2.24, 2.45) is 5.92 Å². The number of nitrogens with zero attached hydrogens (tertiary/aromatic N) is 1. The molecule has 5 heteroatoms. The van der Waals surface area contributed by atoms with Gasteiger partial charge in [0, 0.05) is 19.5 Å². The predicted molar refractivity (Wildman–Crippen MR) is 85.3 cm³/mol. The van der Waals surface area contributed by atoms with Crippen molar-refractivity contribution >= 4 is 5.91 Å². The van der Waals surface area contributed by atoms with E-state index >= 15 is 0 Å². The van der Waals surface area contributed by atoms with Crippen molar-refractivity contribution in [2.75, 3.05) is 33.3 Å². The van der Waals surface area contributed by atoms with E-state index in [4.69, 9.17) is 4.74 Å². The Hall–Kier alpha value is -1.43. The van der Waals surface area contributed by atoms with Crippen molar-refractivity contribution in [1.82, 2.24) is 10.2 Å². The Morgan fingerprint density at radius 2 is 2.05 bits per heavy atom. The molecule has 1 aromatic carbocycles. The molecule has 1 fully saturated rings. The van der Waals surface area contributed by atoms with Gasteiger partial charge in [0.15, 0.2) is 0 Å². The van der Waals surface area contributed by atoms with Crippen LogP contribution in [0.5, 0.6) is 0 Å². The average Bonchev–Trinajstić information content (AvgIpc) is 2.56. The molecule has 0 aliphatic carbocycles. The predicted octanol–water partition coefficient (Wildman–Crippen LogP) is 1.02. The third-order valence-electron chi connectivity index (χ3n) is 4.10. The Bertz CT molecular complexity index is 444. The van der Waals surface area contributed by atoms with E-state index in [1.165, 1.54) is 0 Å². The van der Waals surface area contributed by atoms with E-state index in [0.717, 1.165) is 31.5 Å². The summed E-state index contributed by atoms with van der Waals surface area (Å²) in [7, 11) is 1.68. The van der Waals surface area contributed by atoms with Gasteiger partial charge in [0.25, 0.3) is 0 Å². The van der Waals surface area contributed by atoms with Crippen LogP contribution in [-0.4, -0.2) is 55.3 Å². The Balaban J connectivity index is 1.61. The largest absolute Gasteiger partial charge is 0.389 e. The van der Waals surface area contributed by atoms with Crippen LogP contribution < -0.4 is 5.32 Å². The van der Waals surface area contributed by atoms with Crippen molar-refractivity contribution in [3.8, 4) is 0 Å². The van der Waals surface area contributed by atoms with Crippen LogP contribution in [0.3, 0.4) is 0 Å². The lowest BCUT2D eigenvalue weighted by Crippen LogP contribution is -2.43. The van der Waals surface area contributed by atoms with Gasteiger partial charge in [-0.3, -0.25) is 4.79 Å². The second kappa shape index (κ2) is 8.88. The molecular weight excluding hydrogens is 280 g/mol. The third-order valence-corrected chi connectivity index (χ3v) is 4.10. The quantitative estimate of drug-likeness (QED) is 0.790. The number of piperidine rings is 1. The van der Waals surface area contributed by atoms with Gasteiger partial charge in [0.05, 0.1) is 19.3 Å². The summed E-state index contributed by atoms with van der Waals surface area (Å²) in [6.45, 7) is 3.18. The number of likely N-dealkylation sites (tertiary alicyclic amines) is 1. The molecule has 5 nitrogen and oxygen atoms in total. The minimum Gasteiger partial charge on any atom is -0.389 e. The number of nitrogens with one attached hydrogen (secondary N) is 1. The Labute approximate surface area is 132 Å². The van der Waals surface area contributed by atoms with Gasteiger partial charge in [-0.25, -0.2) is 0 Å². The Morgan fingerprint density at radius 1 is 1.36 bits per heavy atom. The van der Waals surface area contributed by atoms with E-state index in [1.807, 2.05) is 30.3 Å². The van der Waals surface area contributed by atoms with Gasteiger partial charge in [-0.05, 0) is 31.5 Å². The molecule has 0 aromatic heterocycles. The second-order valence-electron chi connectivity index (χ2n) is 5.84. The molecule has 1 aliphatic heterocycles. The van der Waals surface area contributed by atoms with E-state index < -0.39 is 6.10 Å². The minimum absolute atomic E-state index is 0.118. The normalized spacial score (nSPS) is 18.1. The summed E-state index contributed by atoms with van der Waals surface area (Å²) in [6.07, 6.45) is 1.23. The lowest BCUT2D eigenvalue weighted by Gasteiger charge is -2.32. The second-order valence-corrected chi connectivity index (χ2v) is 5.84. The number of hydrogen-bond acceptors (Lipinski definition) is 4. The molecule has 1 amide bonds. The molecule has 1 aromatic rings. The number of carbonyl (C=O) groups excluding carboxylic acids is 1. The van der Waals surface area contributed by atoms with Crippen molar-refractivity contribution in [1.29, 1.82) is 0 Å². The van der Waals surface area contributed by atoms with E-state index in [2.05, 4.69) is 10.2 Å². The van der Waals surface area contributed by atoms with Crippen molar-refractivity contribution in [3.05, 3.63) is 35.9 Å². The fourth-order valence-electron chi connectivity index (χ4n) is 2.82. The molecule has 2 N–H and O–H groups in total. The van der Waals surface area contributed by atoms with Crippen LogP contribution in [-0.2, 0) is 16.1 Å². The summed E-state index contributed by atoms with van der Waals surface area (Å²) in [5.41, 5.74) is 1.11. The molecule has 1 saturated heterocycles. The highest BCUT2D eigenvalue weighted by atomic mass is 16.5. The summed E-state index contributed by atoms with van der Waals surface area (Å²) >= 11 is 0. The van der Waals surface area contributed by atoms with E-state index in [0.29, 0.717) is 19.8 Å². The highest BCUT2D eigenvalue weighted by Crippen LogP contribution is 2.17. The van der Waals surface area contributed by atoms with Gasteiger partial charge in [0.1, 0.15) is 0 Å². The summed E-state index contributed by atoms with van der Waals surface area (Å²) < 4.78 is 5.56. The van der Waals surface area contributed by atoms with Gasteiger partial charge in [-0.2, -0.15) is 0 Å². The molecule has 1 atom stereocenters. The summed E-state index contributed by atoms with van der Waals surface area (Å²) in [6, 6.07) is 9.95. The van der Waals surface area contributed by atoms with Crippen molar-refractivity contribution in [3.63, 3.8) is 0 Å². The third kappa shape index (κ3) is 5.40. The maximum atomic E-state index is 11.6. The first-order valence-corrected chi connectivity index (χ1v) is 7.92. The first-order valence-electron chi connectivity index (χ1n) is 7.92. The highest BCUT2D eigenvalue weighted by molar-refractivity contribution is 5.78. The van der Waals surface area contributed by atoms with E-state index in [9.17, 15) is 9.90 Å². The molecular formula is C17H26N2O3. The molecule has 0 saturated carbocycles. The molecule has 0 spiro atoms. The van der Waals surface area contributed by atoms with Gasteiger partial charge < -0.3 is 20.1 Å². The Kier molecular flexibility index (Phi) is 6.83. The number of carbonyl (C=O) groups is 1.